The van der Waals surface area contributed by atoms with Gasteiger partial charge in [0.05, 0.1) is 0 Å². The van der Waals surface area contributed by atoms with Crippen molar-refractivity contribution in [1.29, 1.82) is 0 Å². The van der Waals surface area contributed by atoms with Crippen molar-refractivity contribution in [2.24, 2.45) is 0 Å². The molecule has 0 radical (unpaired) electrons. The molecular weight excluding hydrogens is 467 g/mol. The molecule has 0 fully saturated rings. The molecule has 0 spiro atoms. The summed E-state index contributed by atoms with van der Waals surface area (Å²) in [5.74, 6) is -0.674. The second kappa shape index (κ2) is 11.8. The van der Waals surface area contributed by atoms with Crippen LogP contribution in [0.5, 0.6) is 5.75 Å². The third kappa shape index (κ3) is 8.41. The summed E-state index contributed by atoms with van der Waals surface area (Å²) in [5, 5.41) is 3.55. The molecule has 7 heteroatoms. The topological polar surface area (TPSA) is 58.6 Å². The molecule has 1 N–H and O–H groups in total. The number of hydrogen-bond acceptors (Lipinski definition) is 3. The van der Waals surface area contributed by atoms with Crippen LogP contribution in [-0.4, -0.2) is 34.9 Å². The average molecular weight is 497 g/mol. The third-order valence-corrected chi connectivity index (χ3v) is 5.42. The van der Waals surface area contributed by atoms with Crippen molar-refractivity contribution in [3.05, 3.63) is 101 Å². The van der Waals surface area contributed by atoms with E-state index in [0.29, 0.717) is 17.2 Å². The van der Waals surface area contributed by atoms with Gasteiger partial charge in [-0.05, 0) is 68.3 Å². The lowest BCUT2D eigenvalue weighted by molar-refractivity contribution is -0.143. The van der Waals surface area contributed by atoms with Crippen LogP contribution in [0.25, 0.3) is 0 Å². The Bertz CT molecular complexity index is 1130. The molecule has 5 nitrogen and oxygen atoms in total. The number of hydrogen-bond donors (Lipinski definition) is 1. The minimum Gasteiger partial charge on any atom is -0.484 e. The van der Waals surface area contributed by atoms with Crippen LogP contribution >= 0.6 is 11.6 Å². The van der Waals surface area contributed by atoms with E-state index in [1.54, 1.807) is 18.2 Å². The van der Waals surface area contributed by atoms with Crippen LogP contribution < -0.4 is 10.1 Å². The molecule has 3 aromatic carbocycles. The largest absolute Gasteiger partial charge is 0.484 e. The summed E-state index contributed by atoms with van der Waals surface area (Å²) in [6, 6.07) is 21.4. The maximum atomic E-state index is 13.5. The highest BCUT2D eigenvalue weighted by Gasteiger charge is 2.32. The Morgan fingerprint density at radius 3 is 2.26 bits per heavy atom. The Morgan fingerprint density at radius 2 is 1.63 bits per heavy atom. The fraction of sp³-hybridized carbons (Fsp3) is 0.286. The van der Waals surface area contributed by atoms with Gasteiger partial charge >= 0.3 is 0 Å². The molecule has 0 saturated heterocycles. The van der Waals surface area contributed by atoms with Crippen molar-refractivity contribution in [2.45, 2.75) is 45.3 Å². The monoisotopic (exact) mass is 496 g/mol. The molecule has 0 heterocycles. The molecule has 0 aliphatic heterocycles. The molecule has 3 rings (SSSR count). The fourth-order valence-corrected chi connectivity index (χ4v) is 3.81. The SMILES string of the molecule is CC(C)(C)NC(=O)[C@H](Cc1ccccc1)N(Cc1cccc(Cl)c1)C(=O)COc1ccc(F)cc1. The van der Waals surface area contributed by atoms with Crippen molar-refractivity contribution in [1.82, 2.24) is 10.2 Å². The normalized spacial score (nSPS) is 12.0. The second-order valence-corrected chi connectivity index (χ2v) is 9.78. The minimum atomic E-state index is -0.792. The first kappa shape index (κ1) is 26.2. The van der Waals surface area contributed by atoms with Crippen LogP contribution in [0.3, 0.4) is 0 Å². The lowest BCUT2D eigenvalue weighted by atomic mass is 10.0. The molecule has 0 unspecified atom stereocenters. The van der Waals surface area contributed by atoms with Gasteiger partial charge < -0.3 is 15.0 Å². The van der Waals surface area contributed by atoms with E-state index in [1.807, 2.05) is 57.2 Å². The van der Waals surface area contributed by atoms with Crippen molar-refractivity contribution < 1.29 is 18.7 Å². The van der Waals surface area contributed by atoms with Crippen molar-refractivity contribution >= 4 is 23.4 Å². The van der Waals surface area contributed by atoms with E-state index in [2.05, 4.69) is 5.32 Å². The van der Waals surface area contributed by atoms with Crippen LogP contribution in [0.15, 0.2) is 78.9 Å². The lowest BCUT2D eigenvalue weighted by Crippen LogP contribution is -2.55. The van der Waals surface area contributed by atoms with Crippen molar-refractivity contribution in [3.8, 4) is 5.75 Å². The highest BCUT2D eigenvalue weighted by Crippen LogP contribution is 2.19. The number of rotatable bonds is 9. The Balaban J connectivity index is 1.92. The van der Waals surface area contributed by atoms with E-state index in [9.17, 15) is 14.0 Å². The van der Waals surface area contributed by atoms with Crippen LogP contribution in [0, 0.1) is 5.82 Å². The molecule has 0 aliphatic rings. The second-order valence-electron chi connectivity index (χ2n) is 9.34. The first-order chi connectivity index (χ1) is 16.6. The average Bonchev–Trinajstić information content (AvgIpc) is 2.80. The van der Waals surface area contributed by atoms with Crippen molar-refractivity contribution in [2.75, 3.05) is 6.61 Å². The zero-order valence-electron chi connectivity index (χ0n) is 20.1. The van der Waals surface area contributed by atoms with Crippen LogP contribution in [-0.2, 0) is 22.6 Å². The fourth-order valence-electron chi connectivity index (χ4n) is 3.60. The summed E-state index contributed by atoms with van der Waals surface area (Å²) < 4.78 is 18.9. The van der Waals surface area contributed by atoms with Crippen molar-refractivity contribution in [3.63, 3.8) is 0 Å². The first-order valence-corrected chi connectivity index (χ1v) is 11.8. The van der Waals surface area contributed by atoms with E-state index in [1.165, 1.54) is 29.2 Å². The van der Waals surface area contributed by atoms with Gasteiger partial charge in [0.15, 0.2) is 6.61 Å². The molecule has 3 aromatic rings. The highest BCUT2D eigenvalue weighted by molar-refractivity contribution is 6.30. The minimum absolute atomic E-state index is 0.168. The molecule has 0 aromatic heterocycles. The van der Waals surface area contributed by atoms with Crippen LogP contribution in [0.2, 0.25) is 5.02 Å². The van der Waals surface area contributed by atoms with Gasteiger partial charge in [-0.25, -0.2) is 4.39 Å². The lowest BCUT2D eigenvalue weighted by Gasteiger charge is -2.33. The van der Waals surface area contributed by atoms with Gasteiger partial charge in [0.2, 0.25) is 5.91 Å². The molecule has 1 atom stereocenters. The molecule has 0 saturated carbocycles. The predicted octanol–water partition coefficient (Wildman–Crippen LogP) is 5.41. The van der Waals surface area contributed by atoms with Gasteiger partial charge in [-0.15, -0.1) is 0 Å². The first-order valence-electron chi connectivity index (χ1n) is 11.4. The molecule has 0 bridgehead atoms. The van der Waals surface area contributed by atoms with Gasteiger partial charge in [0, 0.05) is 23.5 Å². The van der Waals surface area contributed by atoms with Gasteiger partial charge in [0.1, 0.15) is 17.6 Å². The Kier molecular flexibility index (Phi) is 8.88. The molecule has 35 heavy (non-hydrogen) atoms. The predicted molar refractivity (Wildman–Crippen MR) is 136 cm³/mol. The smallest absolute Gasteiger partial charge is 0.261 e. The quantitative estimate of drug-likeness (QED) is 0.430. The Labute approximate surface area is 210 Å². The number of carbonyl (C=O) groups excluding carboxylic acids is 2. The number of amides is 2. The molecular formula is C28H30ClFN2O3. The highest BCUT2D eigenvalue weighted by atomic mass is 35.5. The zero-order valence-corrected chi connectivity index (χ0v) is 20.9. The molecule has 0 aliphatic carbocycles. The standard InChI is InChI=1S/C28H30ClFN2O3/c1-28(2,3)31-27(34)25(17-20-8-5-4-6-9-20)32(18-21-10-7-11-22(29)16-21)26(33)19-35-24-14-12-23(30)13-15-24/h4-16,25H,17-19H2,1-3H3,(H,31,34)/t25-/m0/s1. The maximum absolute atomic E-state index is 13.5. The summed E-state index contributed by atoms with van der Waals surface area (Å²) in [6.45, 7) is 5.54. The van der Waals surface area contributed by atoms with Gasteiger partial charge in [-0.3, -0.25) is 9.59 Å². The molecule has 184 valence electrons. The number of ether oxygens (including phenoxy) is 1. The van der Waals surface area contributed by atoms with E-state index in [0.717, 1.165) is 11.1 Å². The van der Waals surface area contributed by atoms with E-state index >= 15 is 0 Å². The summed E-state index contributed by atoms with van der Waals surface area (Å²) in [7, 11) is 0. The van der Waals surface area contributed by atoms with E-state index < -0.39 is 17.4 Å². The number of nitrogens with one attached hydrogen (secondary N) is 1. The van der Waals surface area contributed by atoms with Crippen LogP contribution in [0.1, 0.15) is 31.9 Å². The Morgan fingerprint density at radius 1 is 0.971 bits per heavy atom. The number of benzene rings is 3. The molecule has 2 amide bonds. The number of halogens is 2. The summed E-state index contributed by atoms with van der Waals surface area (Å²) in [4.78, 5) is 28.5. The van der Waals surface area contributed by atoms with Gasteiger partial charge in [-0.2, -0.15) is 0 Å². The van der Waals surface area contributed by atoms with Gasteiger partial charge in [0.25, 0.3) is 5.91 Å². The maximum Gasteiger partial charge on any atom is 0.261 e. The summed E-state index contributed by atoms with van der Waals surface area (Å²) in [5.41, 5.74) is 1.22. The van der Waals surface area contributed by atoms with E-state index in [4.69, 9.17) is 16.3 Å². The third-order valence-electron chi connectivity index (χ3n) is 5.19. The van der Waals surface area contributed by atoms with Gasteiger partial charge in [-0.1, -0.05) is 54.1 Å². The number of carbonyl (C=O) groups is 2. The summed E-state index contributed by atoms with van der Waals surface area (Å²) in [6.07, 6.45) is 0.325. The zero-order chi connectivity index (χ0) is 25.4. The number of nitrogens with zero attached hydrogens (tertiary/aromatic N) is 1. The van der Waals surface area contributed by atoms with E-state index in [-0.39, 0.29) is 25.0 Å². The Hall–Kier alpha value is -3.38. The summed E-state index contributed by atoms with van der Waals surface area (Å²) >= 11 is 6.18. The van der Waals surface area contributed by atoms with Crippen LogP contribution in [0.4, 0.5) is 4.39 Å².